The summed E-state index contributed by atoms with van der Waals surface area (Å²) in [4.78, 5) is 28.9. The molecule has 0 saturated heterocycles. The molecular formula is C30H28ClNO6. The zero-order valence-electron chi connectivity index (χ0n) is 21.5. The zero-order chi connectivity index (χ0) is 26.8. The first-order valence-electron chi connectivity index (χ1n) is 12.4. The summed E-state index contributed by atoms with van der Waals surface area (Å²) in [5.74, 6) is 0.765. The topological polar surface area (TPSA) is 78.2 Å². The second-order valence-electron chi connectivity index (χ2n) is 9.08. The third-order valence-electron chi connectivity index (χ3n) is 6.60. The van der Waals surface area contributed by atoms with Crippen molar-refractivity contribution in [2.24, 2.45) is 0 Å². The van der Waals surface area contributed by atoms with E-state index in [1.54, 1.807) is 24.1 Å². The van der Waals surface area contributed by atoms with Crippen LogP contribution in [0.25, 0.3) is 11.0 Å². The van der Waals surface area contributed by atoms with Gasteiger partial charge in [-0.05, 0) is 54.8 Å². The molecule has 0 radical (unpaired) electrons. The lowest BCUT2D eigenvalue weighted by atomic mass is 9.97. The molecule has 0 bridgehead atoms. The fourth-order valence-electron chi connectivity index (χ4n) is 4.73. The molecule has 0 aliphatic carbocycles. The predicted molar refractivity (Wildman–Crippen MR) is 145 cm³/mol. The molecule has 1 aliphatic heterocycles. The Kier molecular flexibility index (Phi) is 7.40. The van der Waals surface area contributed by atoms with E-state index in [0.717, 1.165) is 11.1 Å². The Morgan fingerprint density at radius 2 is 1.79 bits per heavy atom. The van der Waals surface area contributed by atoms with Crippen LogP contribution in [0, 0.1) is 6.92 Å². The number of aryl methyl sites for hydroxylation is 1. The summed E-state index contributed by atoms with van der Waals surface area (Å²) in [5.41, 5.74) is 2.80. The number of ether oxygens (including phenoxy) is 3. The highest BCUT2D eigenvalue weighted by Crippen LogP contribution is 2.41. The standard InChI is InChI=1S/C30H28ClNO6/c1-4-36-25-15-20(10-11-23(25)37-17-19-8-6-5-7-9-19)27-26-28(33)21-16-22(31)18(2)14-24(21)38-29(26)30(34)32(27)12-13-35-3/h5-11,14-16,27H,4,12-13,17H2,1-3H3. The number of amides is 1. The minimum Gasteiger partial charge on any atom is -0.490 e. The van der Waals surface area contributed by atoms with Gasteiger partial charge in [-0.3, -0.25) is 9.59 Å². The summed E-state index contributed by atoms with van der Waals surface area (Å²) >= 11 is 6.33. The molecule has 1 amide bonds. The van der Waals surface area contributed by atoms with Gasteiger partial charge in [0.1, 0.15) is 12.2 Å². The fourth-order valence-corrected chi connectivity index (χ4v) is 4.89. The first-order valence-corrected chi connectivity index (χ1v) is 12.8. The van der Waals surface area contributed by atoms with Crippen molar-refractivity contribution >= 4 is 28.5 Å². The maximum Gasteiger partial charge on any atom is 0.290 e. The number of rotatable bonds is 9. The molecule has 1 aliphatic rings. The van der Waals surface area contributed by atoms with E-state index in [1.807, 2.05) is 62.4 Å². The molecule has 2 heterocycles. The van der Waals surface area contributed by atoms with Gasteiger partial charge < -0.3 is 23.5 Å². The Morgan fingerprint density at radius 1 is 1.00 bits per heavy atom. The minimum atomic E-state index is -0.684. The van der Waals surface area contributed by atoms with Crippen molar-refractivity contribution in [1.82, 2.24) is 4.90 Å². The maximum atomic E-state index is 13.8. The van der Waals surface area contributed by atoms with Gasteiger partial charge in [-0.25, -0.2) is 0 Å². The monoisotopic (exact) mass is 533 g/mol. The van der Waals surface area contributed by atoms with Crippen LogP contribution in [0.3, 0.4) is 0 Å². The van der Waals surface area contributed by atoms with E-state index in [2.05, 4.69) is 0 Å². The summed E-state index contributed by atoms with van der Waals surface area (Å²) in [6.45, 7) is 5.08. The SMILES string of the molecule is CCOc1cc(C2c3c(oc4cc(C)c(Cl)cc4c3=O)C(=O)N2CCOC)ccc1OCc1ccccc1. The molecule has 1 unspecified atom stereocenters. The second kappa shape index (κ2) is 10.9. The molecule has 0 fully saturated rings. The fraction of sp³-hybridized carbons (Fsp3) is 0.267. The molecule has 0 saturated carbocycles. The summed E-state index contributed by atoms with van der Waals surface area (Å²) in [6.07, 6.45) is 0. The van der Waals surface area contributed by atoms with Crippen LogP contribution in [0.4, 0.5) is 0 Å². The van der Waals surface area contributed by atoms with Crippen molar-refractivity contribution in [3.8, 4) is 11.5 Å². The van der Waals surface area contributed by atoms with E-state index in [9.17, 15) is 9.59 Å². The van der Waals surface area contributed by atoms with Gasteiger partial charge in [-0.1, -0.05) is 48.0 Å². The van der Waals surface area contributed by atoms with Crippen LogP contribution in [0.5, 0.6) is 11.5 Å². The Morgan fingerprint density at radius 3 is 2.53 bits per heavy atom. The first-order chi connectivity index (χ1) is 18.4. The van der Waals surface area contributed by atoms with Gasteiger partial charge in [-0.15, -0.1) is 0 Å². The summed E-state index contributed by atoms with van der Waals surface area (Å²) < 4.78 is 23.3. The normalized spacial score (nSPS) is 14.7. The number of nitrogens with zero attached hydrogens (tertiary/aromatic N) is 1. The summed E-state index contributed by atoms with van der Waals surface area (Å²) in [7, 11) is 1.57. The average molecular weight is 534 g/mol. The lowest BCUT2D eigenvalue weighted by molar-refractivity contribution is 0.0663. The van der Waals surface area contributed by atoms with E-state index < -0.39 is 6.04 Å². The number of hydrogen-bond acceptors (Lipinski definition) is 6. The molecule has 5 rings (SSSR count). The van der Waals surface area contributed by atoms with Gasteiger partial charge in [0, 0.05) is 18.7 Å². The molecule has 0 N–H and O–H groups in total. The third-order valence-corrected chi connectivity index (χ3v) is 7.01. The highest BCUT2D eigenvalue weighted by atomic mass is 35.5. The largest absolute Gasteiger partial charge is 0.490 e. The highest BCUT2D eigenvalue weighted by Gasteiger charge is 2.42. The van der Waals surface area contributed by atoms with E-state index >= 15 is 0 Å². The van der Waals surface area contributed by atoms with E-state index in [1.165, 1.54) is 0 Å². The number of fused-ring (bicyclic) bond motifs is 2. The Hall–Kier alpha value is -3.81. The summed E-state index contributed by atoms with van der Waals surface area (Å²) in [6, 6.07) is 17.9. The van der Waals surface area contributed by atoms with Crippen LogP contribution in [0.1, 0.15) is 45.8 Å². The number of benzene rings is 3. The third kappa shape index (κ3) is 4.75. The Bertz CT molecular complexity index is 1550. The van der Waals surface area contributed by atoms with Crippen LogP contribution < -0.4 is 14.9 Å². The molecule has 1 atom stereocenters. The molecule has 38 heavy (non-hydrogen) atoms. The number of carbonyl (C=O) groups excluding carboxylic acids is 1. The zero-order valence-corrected chi connectivity index (χ0v) is 22.2. The Labute approximate surface area is 225 Å². The molecule has 7 nitrogen and oxygen atoms in total. The lowest BCUT2D eigenvalue weighted by Crippen LogP contribution is -2.32. The quantitative estimate of drug-likeness (QED) is 0.265. The molecule has 196 valence electrons. The van der Waals surface area contributed by atoms with Gasteiger partial charge >= 0.3 is 0 Å². The van der Waals surface area contributed by atoms with Crippen molar-refractivity contribution in [3.05, 3.63) is 104 Å². The first kappa shape index (κ1) is 25.8. The van der Waals surface area contributed by atoms with Crippen molar-refractivity contribution in [2.75, 3.05) is 26.9 Å². The lowest BCUT2D eigenvalue weighted by Gasteiger charge is -2.25. The maximum absolute atomic E-state index is 13.8. The second-order valence-corrected chi connectivity index (χ2v) is 9.49. The number of hydrogen-bond donors (Lipinski definition) is 0. The highest BCUT2D eigenvalue weighted by molar-refractivity contribution is 6.32. The molecule has 4 aromatic rings. The predicted octanol–water partition coefficient (Wildman–Crippen LogP) is 5.92. The van der Waals surface area contributed by atoms with Crippen molar-refractivity contribution in [1.29, 1.82) is 0 Å². The van der Waals surface area contributed by atoms with Crippen molar-refractivity contribution in [3.63, 3.8) is 0 Å². The van der Waals surface area contributed by atoms with Crippen LogP contribution in [-0.2, 0) is 11.3 Å². The van der Waals surface area contributed by atoms with Crippen LogP contribution in [0.2, 0.25) is 5.02 Å². The number of methoxy groups -OCH3 is 1. The van der Waals surface area contributed by atoms with Crippen LogP contribution in [-0.4, -0.2) is 37.7 Å². The molecule has 3 aromatic carbocycles. The van der Waals surface area contributed by atoms with Crippen molar-refractivity contribution in [2.45, 2.75) is 26.5 Å². The molecular weight excluding hydrogens is 506 g/mol. The van der Waals surface area contributed by atoms with Gasteiger partial charge in [-0.2, -0.15) is 0 Å². The summed E-state index contributed by atoms with van der Waals surface area (Å²) in [5, 5.41) is 0.791. The van der Waals surface area contributed by atoms with Gasteiger partial charge in [0.05, 0.1) is 30.2 Å². The molecule has 0 spiro atoms. The van der Waals surface area contributed by atoms with Gasteiger partial charge in [0.2, 0.25) is 5.76 Å². The van der Waals surface area contributed by atoms with E-state index in [0.29, 0.717) is 52.9 Å². The van der Waals surface area contributed by atoms with Gasteiger partial charge in [0.15, 0.2) is 16.9 Å². The van der Waals surface area contributed by atoms with Crippen LogP contribution in [0.15, 0.2) is 69.9 Å². The Balaban J connectivity index is 1.61. The number of halogens is 1. The van der Waals surface area contributed by atoms with E-state index in [-0.39, 0.29) is 29.2 Å². The number of carbonyl (C=O) groups is 1. The van der Waals surface area contributed by atoms with Gasteiger partial charge in [0.25, 0.3) is 5.91 Å². The average Bonchev–Trinajstić information content (AvgIpc) is 3.20. The van der Waals surface area contributed by atoms with Crippen LogP contribution >= 0.6 is 11.6 Å². The van der Waals surface area contributed by atoms with Crippen molar-refractivity contribution < 1.29 is 23.4 Å². The minimum absolute atomic E-state index is 0.0349. The van der Waals surface area contributed by atoms with E-state index in [4.69, 9.17) is 30.2 Å². The molecule has 1 aromatic heterocycles. The molecule has 8 heteroatoms. The smallest absolute Gasteiger partial charge is 0.290 e.